The van der Waals surface area contributed by atoms with Crippen LogP contribution < -0.4 is 0 Å². The van der Waals surface area contributed by atoms with E-state index in [1.165, 1.54) is 22.3 Å². The van der Waals surface area contributed by atoms with Crippen molar-refractivity contribution in [3.05, 3.63) is 72.3 Å². The van der Waals surface area contributed by atoms with Crippen molar-refractivity contribution < 1.29 is 12.6 Å². The molecule has 0 N–H and O–H groups in total. The second-order valence-electron chi connectivity index (χ2n) is 6.97. The fourth-order valence-electron chi connectivity index (χ4n) is 3.95. The van der Waals surface area contributed by atoms with Gasteiger partial charge in [-0.15, -0.1) is 6.58 Å². The lowest BCUT2D eigenvalue weighted by Gasteiger charge is -2.25. The molecule has 0 aliphatic heterocycles. The summed E-state index contributed by atoms with van der Waals surface area (Å²) in [6, 6.07) is 16.9. The van der Waals surface area contributed by atoms with Crippen LogP contribution in [0.25, 0.3) is 11.1 Å². The maximum Gasteiger partial charge on any atom is 0.264 e. The highest BCUT2D eigenvalue weighted by atomic mass is 32.2. The molecule has 4 heteroatoms. The first-order chi connectivity index (χ1) is 12.5. The zero-order valence-electron chi connectivity index (χ0n) is 15.2. The predicted octanol–water partition coefficient (Wildman–Crippen LogP) is 5.14. The molecular formula is C22H26O3S. The molecule has 1 aliphatic rings. The van der Waals surface area contributed by atoms with Crippen molar-refractivity contribution in [1.29, 1.82) is 0 Å². The van der Waals surface area contributed by atoms with Crippen LogP contribution in [0.1, 0.15) is 42.7 Å². The summed E-state index contributed by atoms with van der Waals surface area (Å²) in [7, 11) is -3.45. The zero-order chi connectivity index (χ0) is 18.6. The van der Waals surface area contributed by atoms with Crippen molar-refractivity contribution in [1.82, 2.24) is 0 Å². The molecule has 1 aliphatic carbocycles. The van der Waals surface area contributed by atoms with Crippen LogP contribution in [0.2, 0.25) is 0 Å². The van der Waals surface area contributed by atoms with Gasteiger partial charge in [-0.05, 0) is 47.4 Å². The molecule has 2 aromatic carbocycles. The van der Waals surface area contributed by atoms with E-state index in [-0.39, 0.29) is 18.4 Å². The Kier molecular flexibility index (Phi) is 5.94. The molecule has 3 rings (SSSR count). The van der Waals surface area contributed by atoms with Crippen molar-refractivity contribution in [2.45, 2.75) is 31.6 Å². The SMILES string of the molecule is C=CCCCCC(COS(C)(=O)=O)C1c2ccccc2-c2ccccc21. The smallest absolute Gasteiger partial charge is 0.264 e. The van der Waals surface area contributed by atoms with Crippen molar-refractivity contribution >= 4 is 10.1 Å². The molecule has 3 nitrogen and oxygen atoms in total. The number of allylic oxidation sites excluding steroid dienone is 1. The number of rotatable bonds is 9. The molecule has 26 heavy (non-hydrogen) atoms. The first-order valence-electron chi connectivity index (χ1n) is 9.15. The normalized spacial score (nSPS) is 14.7. The highest BCUT2D eigenvalue weighted by Gasteiger charge is 2.34. The molecule has 0 aromatic heterocycles. The van der Waals surface area contributed by atoms with Gasteiger partial charge in [0.1, 0.15) is 0 Å². The third-order valence-electron chi connectivity index (χ3n) is 5.08. The lowest BCUT2D eigenvalue weighted by atomic mass is 9.81. The van der Waals surface area contributed by atoms with Crippen LogP contribution in [0.5, 0.6) is 0 Å². The first-order valence-corrected chi connectivity index (χ1v) is 11.0. The standard InChI is InChI=1S/C22H26O3S/c1-3-4-5-6-11-17(16-25-26(2,23)24)22-20-14-9-7-12-18(20)19-13-8-10-15-21(19)22/h3,7-10,12-15,17,22H,1,4-6,11,16H2,2H3. The summed E-state index contributed by atoms with van der Waals surface area (Å²) < 4.78 is 28.4. The fraction of sp³-hybridized carbons (Fsp3) is 0.364. The molecular weight excluding hydrogens is 344 g/mol. The number of hydrogen-bond acceptors (Lipinski definition) is 3. The van der Waals surface area contributed by atoms with Crippen molar-refractivity contribution in [2.24, 2.45) is 5.92 Å². The lowest BCUT2D eigenvalue weighted by molar-refractivity contribution is 0.230. The summed E-state index contributed by atoms with van der Waals surface area (Å²) >= 11 is 0. The summed E-state index contributed by atoms with van der Waals surface area (Å²) in [6.45, 7) is 4.00. The quantitative estimate of drug-likeness (QED) is 0.349. The molecule has 0 amide bonds. The Balaban J connectivity index is 1.92. The van der Waals surface area contributed by atoms with Gasteiger partial charge in [0.05, 0.1) is 12.9 Å². The summed E-state index contributed by atoms with van der Waals surface area (Å²) in [6.07, 6.45) is 7.06. The van der Waals surface area contributed by atoms with Crippen LogP contribution in [0.4, 0.5) is 0 Å². The number of hydrogen-bond donors (Lipinski definition) is 0. The van der Waals surface area contributed by atoms with Crippen LogP contribution in [0.15, 0.2) is 61.2 Å². The average Bonchev–Trinajstić information content (AvgIpc) is 2.95. The molecule has 0 fully saturated rings. The lowest BCUT2D eigenvalue weighted by Crippen LogP contribution is -2.20. The molecule has 138 valence electrons. The second kappa shape index (κ2) is 8.19. The molecule has 0 saturated carbocycles. The van der Waals surface area contributed by atoms with E-state index < -0.39 is 10.1 Å². The van der Waals surface area contributed by atoms with Gasteiger partial charge < -0.3 is 0 Å². The summed E-state index contributed by atoms with van der Waals surface area (Å²) in [5.74, 6) is 0.298. The zero-order valence-corrected chi connectivity index (χ0v) is 16.0. The van der Waals surface area contributed by atoms with Gasteiger partial charge in [-0.2, -0.15) is 8.42 Å². The minimum absolute atomic E-state index is 0.124. The molecule has 0 spiro atoms. The Morgan fingerprint density at radius 3 is 2.15 bits per heavy atom. The van der Waals surface area contributed by atoms with Crippen LogP contribution >= 0.6 is 0 Å². The van der Waals surface area contributed by atoms with E-state index in [1.54, 1.807) is 0 Å². The molecule has 1 unspecified atom stereocenters. The Morgan fingerprint density at radius 1 is 1.04 bits per heavy atom. The highest BCUT2D eigenvalue weighted by molar-refractivity contribution is 7.85. The molecule has 0 bridgehead atoms. The summed E-state index contributed by atoms with van der Waals surface area (Å²) in [5, 5.41) is 0. The highest BCUT2D eigenvalue weighted by Crippen LogP contribution is 2.49. The van der Waals surface area contributed by atoms with Gasteiger partial charge in [-0.3, -0.25) is 4.18 Å². The fourth-order valence-corrected chi connectivity index (χ4v) is 4.38. The van der Waals surface area contributed by atoms with Crippen molar-refractivity contribution in [2.75, 3.05) is 12.9 Å². The van der Waals surface area contributed by atoms with Gasteiger partial charge in [0.25, 0.3) is 10.1 Å². The van der Waals surface area contributed by atoms with E-state index in [0.717, 1.165) is 31.9 Å². The van der Waals surface area contributed by atoms with E-state index in [9.17, 15) is 8.42 Å². The Bertz CT molecular complexity index is 825. The van der Waals surface area contributed by atoms with E-state index in [1.807, 2.05) is 6.08 Å². The van der Waals surface area contributed by atoms with E-state index in [2.05, 4.69) is 55.1 Å². The second-order valence-corrected chi connectivity index (χ2v) is 8.62. The van der Waals surface area contributed by atoms with Gasteiger partial charge in [-0.25, -0.2) is 0 Å². The van der Waals surface area contributed by atoms with Crippen molar-refractivity contribution in [3.8, 4) is 11.1 Å². The van der Waals surface area contributed by atoms with E-state index >= 15 is 0 Å². The Hall–Kier alpha value is -1.91. The summed E-state index contributed by atoms with van der Waals surface area (Å²) in [5.41, 5.74) is 5.06. The van der Waals surface area contributed by atoms with Crippen LogP contribution in [0.3, 0.4) is 0 Å². The third kappa shape index (κ3) is 4.25. The minimum Gasteiger partial charge on any atom is -0.270 e. The molecule has 0 radical (unpaired) electrons. The Labute approximate surface area is 156 Å². The number of fused-ring (bicyclic) bond motifs is 3. The summed E-state index contributed by atoms with van der Waals surface area (Å²) in [4.78, 5) is 0. The van der Waals surface area contributed by atoms with Crippen LogP contribution in [0, 0.1) is 5.92 Å². The van der Waals surface area contributed by atoms with E-state index in [0.29, 0.717) is 0 Å². The van der Waals surface area contributed by atoms with Crippen molar-refractivity contribution in [3.63, 3.8) is 0 Å². The molecule has 0 heterocycles. The predicted molar refractivity (Wildman–Crippen MR) is 107 cm³/mol. The van der Waals surface area contributed by atoms with E-state index in [4.69, 9.17) is 4.18 Å². The van der Waals surface area contributed by atoms with Gasteiger partial charge >= 0.3 is 0 Å². The molecule has 1 atom stereocenters. The minimum atomic E-state index is -3.45. The number of unbranched alkanes of at least 4 members (excludes halogenated alkanes) is 2. The monoisotopic (exact) mass is 370 g/mol. The van der Waals surface area contributed by atoms with Gasteiger partial charge in [0, 0.05) is 5.92 Å². The molecule has 0 saturated heterocycles. The van der Waals surface area contributed by atoms with Gasteiger partial charge in [0.15, 0.2) is 0 Å². The maximum absolute atomic E-state index is 11.6. The Morgan fingerprint density at radius 2 is 1.62 bits per heavy atom. The first kappa shape index (κ1) is 18.9. The largest absolute Gasteiger partial charge is 0.270 e. The topological polar surface area (TPSA) is 43.4 Å². The van der Waals surface area contributed by atoms with Crippen LogP contribution in [-0.2, 0) is 14.3 Å². The maximum atomic E-state index is 11.6. The number of benzene rings is 2. The molecule has 2 aromatic rings. The van der Waals surface area contributed by atoms with Gasteiger partial charge in [-0.1, -0.05) is 61.0 Å². The average molecular weight is 371 g/mol. The third-order valence-corrected chi connectivity index (χ3v) is 5.65. The van der Waals surface area contributed by atoms with Gasteiger partial charge in [0.2, 0.25) is 0 Å². The van der Waals surface area contributed by atoms with Crippen LogP contribution in [-0.4, -0.2) is 21.3 Å².